The van der Waals surface area contributed by atoms with Crippen LogP contribution in [-0.2, 0) is 26.2 Å². The Labute approximate surface area is 241 Å². The number of benzene rings is 3. The van der Waals surface area contributed by atoms with Crippen molar-refractivity contribution in [3.8, 4) is 0 Å². The zero-order valence-corrected chi connectivity index (χ0v) is 25.0. The van der Waals surface area contributed by atoms with E-state index in [-0.39, 0.29) is 39.1 Å². The number of amides is 2. The highest BCUT2D eigenvalue weighted by molar-refractivity contribution is 9.10. The fourth-order valence-electron chi connectivity index (χ4n) is 3.71. The number of carbonyl (C=O) groups is 2. The molecule has 0 unspecified atom stereocenters. The Bertz CT molecular complexity index is 1370. The van der Waals surface area contributed by atoms with E-state index >= 15 is 0 Å². The lowest BCUT2D eigenvalue weighted by Crippen LogP contribution is -2.52. The minimum absolute atomic E-state index is 0.00560. The van der Waals surface area contributed by atoms with Crippen molar-refractivity contribution in [1.82, 2.24) is 10.2 Å². The molecule has 38 heavy (non-hydrogen) atoms. The first-order chi connectivity index (χ1) is 17.9. The minimum atomic E-state index is -4.20. The summed E-state index contributed by atoms with van der Waals surface area (Å²) in [4.78, 5) is 28.1. The molecule has 11 heteroatoms. The Morgan fingerprint density at radius 3 is 2.05 bits per heavy atom. The summed E-state index contributed by atoms with van der Waals surface area (Å²) in [6, 6.07) is 18.4. The van der Waals surface area contributed by atoms with Crippen LogP contribution >= 0.6 is 39.1 Å². The van der Waals surface area contributed by atoms with Crippen molar-refractivity contribution in [2.75, 3.05) is 10.8 Å². The van der Waals surface area contributed by atoms with E-state index < -0.39 is 28.5 Å². The standard InChI is InChI=1S/C27H28BrCl2N3O4S/c1-18(2)31-27(35)19(3)32(16-20-9-11-21(28)12-10-20)26(34)17-33(24-14-22(29)13-23(30)15-24)38(36,37)25-7-5-4-6-8-25/h4-15,18-19H,16-17H2,1-3H3,(H,31,35)/t19-/m0/s1. The van der Waals surface area contributed by atoms with Crippen LogP contribution in [0.2, 0.25) is 10.0 Å². The Balaban J connectivity index is 2.05. The van der Waals surface area contributed by atoms with Crippen molar-refractivity contribution in [1.29, 1.82) is 0 Å². The molecule has 0 saturated carbocycles. The van der Waals surface area contributed by atoms with Gasteiger partial charge in [0.2, 0.25) is 11.8 Å². The van der Waals surface area contributed by atoms with E-state index in [4.69, 9.17) is 23.2 Å². The lowest BCUT2D eigenvalue weighted by molar-refractivity contribution is -0.139. The summed E-state index contributed by atoms with van der Waals surface area (Å²) in [6.45, 7) is 4.77. The van der Waals surface area contributed by atoms with Gasteiger partial charge in [0.05, 0.1) is 10.6 Å². The number of rotatable bonds is 10. The van der Waals surface area contributed by atoms with Gasteiger partial charge in [0.15, 0.2) is 0 Å². The molecule has 1 atom stereocenters. The maximum atomic E-state index is 13.8. The SMILES string of the molecule is CC(C)NC(=O)[C@H](C)N(Cc1ccc(Br)cc1)C(=O)CN(c1cc(Cl)cc(Cl)c1)S(=O)(=O)c1ccccc1. The monoisotopic (exact) mass is 639 g/mol. The maximum absolute atomic E-state index is 13.8. The van der Waals surface area contributed by atoms with E-state index in [1.165, 1.54) is 35.2 Å². The van der Waals surface area contributed by atoms with Gasteiger partial charge in [-0.25, -0.2) is 8.42 Å². The molecule has 7 nitrogen and oxygen atoms in total. The van der Waals surface area contributed by atoms with Crippen LogP contribution in [0.25, 0.3) is 0 Å². The number of carbonyl (C=O) groups excluding carboxylic acids is 2. The van der Waals surface area contributed by atoms with Gasteiger partial charge in [0.1, 0.15) is 12.6 Å². The van der Waals surface area contributed by atoms with Crippen LogP contribution in [0.5, 0.6) is 0 Å². The molecule has 3 rings (SSSR count). The second kappa shape index (κ2) is 13.0. The summed E-state index contributed by atoms with van der Waals surface area (Å²) in [5.41, 5.74) is 0.900. The van der Waals surface area contributed by atoms with Crippen molar-refractivity contribution >= 4 is 66.7 Å². The molecule has 0 aliphatic heterocycles. The highest BCUT2D eigenvalue weighted by Gasteiger charge is 2.33. The predicted octanol–water partition coefficient (Wildman–Crippen LogP) is 5.89. The van der Waals surface area contributed by atoms with Crippen molar-refractivity contribution in [3.05, 3.63) is 92.9 Å². The molecular formula is C27H28BrCl2N3O4S. The Hall–Kier alpha value is -2.59. The molecule has 0 heterocycles. The van der Waals surface area contributed by atoms with Crippen LogP contribution < -0.4 is 9.62 Å². The van der Waals surface area contributed by atoms with Gasteiger partial charge in [-0.05, 0) is 68.8 Å². The molecule has 0 fully saturated rings. The van der Waals surface area contributed by atoms with E-state index in [1.807, 2.05) is 38.1 Å². The van der Waals surface area contributed by atoms with Gasteiger partial charge in [-0.1, -0.05) is 69.5 Å². The number of hydrogen-bond donors (Lipinski definition) is 1. The molecule has 0 saturated heterocycles. The molecule has 3 aromatic carbocycles. The van der Waals surface area contributed by atoms with Gasteiger partial charge in [0, 0.05) is 27.1 Å². The second-order valence-corrected chi connectivity index (χ2v) is 12.6. The molecule has 0 spiro atoms. The van der Waals surface area contributed by atoms with Crippen molar-refractivity contribution in [3.63, 3.8) is 0 Å². The zero-order valence-electron chi connectivity index (χ0n) is 21.1. The average Bonchev–Trinajstić information content (AvgIpc) is 2.85. The van der Waals surface area contributed by atoms with Crippen molar-refractivity contribution in [2.45, 2.75) is 44.3 Å². The van der Waals surface area contributed by atoms with Crippen LogP contribution in [0.3, 0.4) is 0 Å². The van der Waals surface area contributed by atoms with Crippen molar-refractivity contribution in [2.24, 2.45) is 0 Å². The molecule has 3 aromatic rings. The molecule has 1 N–H and O–H groups in total. The summed E-state index contributed by atoms with van der Waals surface area (Å²) >= 11 is 15.8. The Kier molecular flexibility index (Phi) is 10.2. The highest BCUT2D eigenvalue weighted by Crippen LogP contribution is 2.30. The fourth-order valence-corrected chi connectivity index (χ4v) is 5.90. The molecule has 0 aliphatic rings. The Morgan fingerprint density at radius 2 is 1.50 bits per heavy atom. The topological polar surface area (TPSA) is 86.8 Å². The lowest BCUT2D eigenvalue weighted by atomic mass is 10.1. The molecular weight excluding hydrogens is 613 g/mol. The van der Waals surface area contributed by atoms with E-state index in [2.05, 4.69) is 21.2 Å². The van der Waals surface area contributed by atoms with Crippen LogP contribution in [0.15, 0.2) is 82.2 Å². The van der Waals surface area contributed by atoms with E-state index in [0.717, 1.165) is 14.3 Å². The molecule has 202 valence electrons. The van der Waals surface area contributed by atoms with Crippen LogP contribution in [-0.4, -0.2) is 43.8 Å². The first kappa shape index (κ1) is 30.0. The van der Waals surface area contributed by atoms with Crippen molar-refractivity contribution < 1.29 is 18.0 Å². The zero-order chi connectivity index (χ0) is 28.0. The first-order valence-electron chi connectivity index (χ1n) is 11.8. The van der Waals surface area contributed by atoms with Gasteiger partial charge in [-0.3, -0.25) is 13.9 Å². The fraction of sp³-hybridized carbons (Fsp3) is 0.259. The van der Waals surface area contributed by atoms with Crippen LogP contribution in [0.1, 0.15) is 26.3 Å². The average molecular weight is 641 g/mol. The third-order valence-electron chi connectivity index (χ3n) is 5.61. The summed E-state index contributed by atoms with van der Waals surface area (Å²) < 4.78 is 29.3. The van der Waals surface area contributed by atoms with E-state index in [9.17, 15) is 18.0 Å². The number of halogens is 3. The smallest absolute Gasteiger partial charge is 0.264 e. The number of anilines is 1. The predicted molar refractivity (Wildman–Crippen MR) is 155 cm³/mol. The highest BCUT2D eigenvalue weighted by atomic mass is 79.9. The summed E-state index contributed by atoms with van der Waals surface area (Å²) in [6.07, 6.45) is 0. The molecule has 0 aliphatic carbocycles. The number of nitrogens with zero attached hydrogens (tertiary/aromatic N) is 2. The molecule has 0 aromatic heterocycles. The van der Waals surface area contributed by atoms with Gasteiger partial charge in [0.25, 0.3) is 10.0 Å². The number of hydrogen-bond acceptors (Lipinski definition) is 4. The quantitative estimate of drug-likeness (QED) is 0.299. The minimum Gasteiger partial charge on any atom is -0.352 e. The van der Waals surface area contributed by atoms with Gasteiger partial charge in [-0.15, -0.1) is 0 Å². The second-order valence-electron chi connectivity index (χ2n) is 8.94. The summed E-state index contributed by atoms with van der Waals surface area (Å²) in [5.74, 6) is -0.927. The third kappa shape index (κ3) is 7.72. The number of sulfonamides is 1. The summed E-state index contributed by atoms with van der Waals surface area (Å²) in [7, 11) is -4.20. The van der Waals surface area contributed by atoms with Crippen LogP contribution in [0.4, 0.5) is 5.69 Å². The van der Waals surface area contributed by atoms with E-state index in [1.54, 1.807) is 25.1 Å². The number of nitrogens with one attached hydrogen (secondary N) is 1. The normalized spacial score (nSPS) is 12.2. The van der Waals surface area contributed by atoms with Gasteiger partial charge >= 0.3 is 0 Å². The van der Waals surface area contributed by atoms with Crippen LogP contribution in [0, 0.1) is 0 Å². The Morgan fingerprint density at radius 1 is 0.921 bits per heavy atom. The molecule has 0 bridgehead atoms. The molecule has 2 amide bonds. The molecule has 0 radical (unpaired) electrons. The largest absolute Gasteiger partial charge is 0.352 e. The van der Waals surface area contributed by atoms with Gasteiger partial charge < -0.3 is 10.2 Å². The third-order valence-corrected chi connectivity index (χ3v) is 8.36. The maximum Gasteiger partial charge on any atom is 0.264 e. The van der Waals surface area contributed by atoms with Gasteiger partial charge in [-0.2, -0.15) is 0 Å². The van der Waals surface area contributed by atoms with E-state index in [0.29, 0.717) is 0 Å². The summed E-state index contributed by atoms with van der Waals surface area (Å²) in [5, 5.41) is 3.25. The first-order valence-corrected chi connectivity index (χ1v) is 14.8. The lowest BCUT2D eigenvalue weighted by Gasteiger charge is -2.32.